The highest BCUT2D eigenvalue weighted by molar-refractivity contribution is 4.87. The van der Waals surface area contributed by atoms with Crippen molar-refractivity contribution in [2.24, 2.45) is 17.8 Å². The van der Waals surface area contributed by atoms with Crippen LogP contribution in [0.4, 0.5) is 0 Å². The van der Waals surface area contributed by atoms with Gasteiger partial charge in [0.05, 0.1) is 11.2 Å². The van der Waals surface area contributed by atoms with Crippen molar-refractivity contribution < 1.29 is 14.6 Å². The molecule has 0 saturated heterocycles. The summed E-state index contributed by atoms with van der Waals surface area (Å²) in [7, 11) is 0. The van der Waals surface area contributed by atoms with Crippen molar-refractivity contribution in [3.63, 3.8) is 0 Å². The highest BCUT2D eigenvalue weighted by atomic mass is 16.5. The molecule has 1 N–H and O–H groups in total. The Labute approximate surface area is 208 Å². The Morgan fingerprint density at radius 1 is 0.697 bits per heavy atom. The quantitative estimate of drug-likeness (QED) is 0.161. The van der Waals surface area contributed by atoms with Crippen LogP contribution in [-0.4, -0.2) is 36.1 Å². The van der Waals surface area contributed by atoms with E-state index < -0.39 is 0 Å². The minimum atomic E-state index is -0.0455. The zero-order chi connectivity index (χ0) is 25.3. The maximum absolute atomic E-state index is 9.03. The van der Waals surface area contributed by atoms with E-state index in [4.69, 9.17) is 14.6 Å². The van der Waals surface area contributed by atoms with Gasteiger partial charge in [0.15, 0.2) is 0 Å². The molecule has 0 aromatic carbocycles. The first kappa shape index (κ1) is 32.6. The molecule has 0 bridgehead atoms. The summed E-state index contributed by atoms with van der Waals surface area (Å²) in [6, 6.07) is 0. The molecule has 198 valence electrons. The minimum Gasteiger partial charge on any atom is -0.396 e. The van der Waals surface area contributed by atoms with Gasteiger partial charge in [-0.05, 0) is 97.3 Å². The predicted octanol–water partition coefficient (Wildman–Crippen LogP) is 8.73. The summed E-state index contributed by atoms with van der Waals surface area (Å²) >= 11 is 0. The topological polar surface area (TPSA) is 38.7 Å². The van der Waals surface area contributed by atoms with Crippen LogP contribution in [0.15, 0.2) is 12.2 Å². The van der Waals surface area contributed by atoms with E-state index in [-0.39, 0.29) is 11.2 Å². The summed E-state index contributed by atoms with van der Waals surface area (Å²) in [4.78, 5) is 0. The molecule has 0 radical (unpaired) electrons. The summed E-state index contributed by atoms with van der Waals surface area (Å²) in [5.41, 5.74) is 1.22. The molecule has 3 nitrogen and oxygen atoms in total. The highest BCUT2D eigenvalue weighted by Crippen LogP contribution is 2.25. The predicted molar refractivity (Wildman–Crippen MR) is 145 cm³/mol. The molecule has 0 saturated carbocycles. The standard InChI is InChI=1S/C30H60O3/c1-25(2)13-10-14-27(4)18-23-32-30(8,9)21-12-16-28(5)19-24-33-29(6,7)20-11-15-26(3)17-22-31/h26-28,31H,1,10-24H2,2-9H3. The molecule has 3 unspecified atom stereocenters. The number of aliphatic hydroxyl groups excluding tert-OH is 1. The first-order valence-corrected chi connectivity index (χ1v) is 13.9. The van der Waals surface area contributed by atoms with Crippen molar-refractivity contribution in [3.05, 3.63) is 12.2 Å². The molecule has 0 amide bonds. The van der Waals surface area contributed by atoms with Crippen LogP contribution in [0.2, 0.25) is 0 Å². The second-order valence-corrected chi connectivity index (χ2v) is 12.3. The van der Waals surface area contributed by atoms with Crippen LogP contribution in [0.1, 0.15) is 132 Å². The van der Waals surface area contributed by atoms with Gasteiger partial charge in [-0.3, -0.25) is 0 Å². The lowest BCUT2D eigenvalue weighted by Gasteiger charge is -2.28. The molecule has 0 aromatic rings. The van der Waals surface area contributed by atoms with Gasteiger partial charge in [-0.2, -0.15) is 0 Å². The lowest BCUT2D eigenvalue weighted by atomic mass is 9.94. The van der Waals surface area contributed by atoms with Gasteiger partial charge in [-0.15, -0.1) is 6.58 Å². The summed E-state index contributed by atoms with van der Waals surface area (Å²) in [6.07, 6.45) is 13.9. The van der Waals surface area contributed by atoms with Crippen molar-refractivity contribution in [2.45, 2.75) is 144 Å². The fourth-order valence-corrected chi connectivity index (χ4v) is 4.38. The van der Waals surface area contributed by atoms with Crippen molar-refractivity contribution in [3.8, 4) is 0 Å². The van der Waals surface area contributed by atoms with Crippen LogP contribution < -0.4 is 0 Å². The van der Waals surface area contributed by atoms with Gasteiger partial charge in [0.1, 0.15) is 0 Å². The molecule has 0 aliphatic carbocycles. The fourth-order valence-electron chi connectivity index (χ4n) is 4.38. The molecule has 0 fully saturated rings. The molecule has 0 spiro atoms. The smallest absolute Gasteiger partial charge is 0.0626 e. The monoisotopic (exact) mass is 468 g/mol. The van der Waals surface area contributed by atoms with Gasteiger partial charge in [0.25, 0.3) is 0 Å². The number of allylic oxidation sites excluding steroid dienone is 1. The Kier molecular flexibility index (Phi) is 17.8. The Hall–Kier alpha value is -0.380. The van der Waals surface area contributed by atoms with Gasteiger partial charge in [0, 0.05) is 19.8 Å². The van der Waals surface area contributed by atoms with Crippen molar-refractivity contribution in [1.82, 2.24) is 0 Å². The molecule has 0 heterocycles. The number of ether oxygens (including phenoxy) is 2. The average molecular weight is 469 g/mol. The van der Waals surface area contributed by atoms with Gasteiger partial charge in [0.2, 0.25) is 0 Å². The summed E-state index contributed by atoms with van der Waals surface area (Å²) in [5.74, 6) is 2.03. The van der Waals surface area contributed by atoms with Crippen LogP contribution in [0.3, 0.4) is 0 Å². The molecular weight excluding hydrogens is 408 g/mol. The van der Waals surface area contributed by atoms with Crippen LogP contribution >= 0.6 is 0 Å². The third kappa shape index (κ3) is 20.7. The van der Waals surface area contributed by atoms with Crippen molar-refractivity contribution in [1.29, 1.82) is 0 Å². The van der Waals surface area contributed by atoms with Gasteiger partial charge in [-0.25, -0.2) is 0 Å². The first-order chi connectivity index (χ1) is 15.4. The molecule has 0 aromatic heterocycles. The molecule has 33 heavy (non-hydrogen) atoms. The molecule has 3 atom stereocenters. The lowest BCUT2D eigenvalue weighted by Crippen LogP contribution is -2.26. The van der Waals surface area contributed by atoms with E-state index in [1.807, 2.05) is 0 Å². The summed E-state index contributed by atoms with van der Waals surface area (Å²) < 4.78 is 12.5. The highest BCUT2D eigenvalue weighted by Gasteiger charge is 2.20. The van der Waals surface area contributed by atoms with Gasteiger partial charge < -0.3 is 14.6 Å². The summed E-state index contributed by atoms with van der Waals surface area (Å²) in [5, 5.41) is 9.03. The zero-order valence-electron chi connectivity index (χ0n) is 23.8. The van der Waals surface area contributed by atoms with Crippen LogP contribution in [-0.2, 0) is 9.47 Å². The van der Waals surface area contributed by atoms with E-state index >= 15 is 0 Å². The second-order valence-electron chi connectivity index (χ2n) is 12.3. The Bertz CT molecular complexity index is 483. The van der Waals surface area contributed by atoms with Gasteiger partial charge in [-0.1, -0.05) is 58.4 Å². The zero-order valence-corrected chi connectivity index (χ0v) is 23.8. The van der Waals surface area contributed by atoms with E-state index in [0.29, 0.717) is 18.4 Å². The molecule has 0 aliphatic rings. The van der Waals surface area contributed by atoms with E-state index in [0.717, 1.165) is 57.7 Å². The molecule has 0 aliphatic heterocycles. The third-order valence-electron chi connectivity index (χ3n) is 7.08. The molecular formula is C30H60O3. The Morgan fingerprint density at radius 2 is 1.09 bits per heavy atom. The minimum absolute atomic E-state index is 0.0250. The molecule has 3 heteroatoms. The van der Waals surface area contributed by atoms with E-state index in [1.165, 1.54) is 44.1 Å². The van der Waals surface area contributed by atoms with Crippen LogP contribution in [0.25, 0.3) is 0 Å². The number of aliphatic hydroxyl groups is 1. The maximum Gasteiger partial charge on any atom is 0.0626 e. The third-order valence-corrected chi connectivity index (χ3v) is 7.08. The summed E-state index contributed by atoms with van der Waals surface area (Å²) in [6.45, 7) is 24.0. The maximum atomic E-state index is 9.03. The van der Waals surface area contributed by atoms with Crippen molar-refractivity contribution in [2.75, 3.05) is 19.8 Å². The number of rotatable bonds is 22. The molecule has 0 rings (SSSR count). The van der Waals surface area contributed by atoms with Crippen molar-refractivity contribution >= 4 is 0 Å². The largest absolute Gasteiger partial charge is 0.396 e. The fraction of sp³-hybridized carbons (Fsp3) is 0.933. The van der Waals surface area contributed by atoms with Crippen LogP contribution in [0, 0.1) is 17.8 Å². The average Bonchev–Trinajstić information content (AvgIpc) is 2.67. The SMILES string of the molecule is C=C(C)CCCC(C)CCOC(C)(C)CCCC(C)CCOC(C)(C)CCCC(C)CCO. The Morgan fingerprint density at radius 3 is 1.48 bits per heavy atom. The lowest BCUT2D eigenvalue weighted by molar-refractivity contribution is -0.0345. The van der Waals surface area contributed by atoms with Crippen LogP contribution in [0.5, 0.6) is 0 Å². The number of hydrogen-bond acceptors (Lipinski definition) is 3. The second kappa shape index (κ2) is 18.0. The van der Waals surface area contributed by atoms with Gasteiger partial charge >= 0.3 is 0 Å². The van der Waals surface area contributed by atoms with E-state index in [9.17, 15) is 0 Å². The number of hydrogen-bond donors (Lipinski definition) is 1. The first-order valence-electron chi connectivity index (χ1n) is 13.9. The van der Waals surface area contributed by atoms with E-state index in [1.54, 1.807) is 0 Å². The Balaban J connectivity index is 3.90. The van der Waals surface area contributed by atoms with E-state index in [2.05, 4.69) is 62.0 Å². The normalized spacial score (nSPS) is 15.4.